The van der Waals surface area contributed by atoms with Crippen LogP contribution in [0.2, 0.25) is 0 Å². The molecule has 0 radical (unpaired) electrons. The first-order valence-electron chi connectivity index (χ1n) is 7.71. The fraction of sp³-hybridized carbons (Fsp3) is 0.647. The van der Waals surface area contributed by atoms with E-state index in [1.807, 2.05) is 0 Å². The molecule has 1 aromatic rings. The fourth-order valence-electron chi connectivity index (χ4n) is 2.78. The topological polar surface area (TPSA) is 30.5 Å². The molecule has 0 saturated carbocycles. The van der Waals surface area contributed by atoms with E-state index in [4.69, 9.17) is 9.47 Å². The molecule has 3 nitrogen and oxygen atoms in total. The largest absolute Gasteiger partial charge is 0.382 e. The minimum atomic E-state index is 0.555. The Balaban J connectivity index is 1.61. The predicted molar refractivity (Wildman–Crippen MR) is 82.2 cm³/mol. The second-order valence-corrected chi connectivity index (χ2v) is 5.56. The van der Waals surface area contributed by atoms with E-state index in [2.05, 4.69) is 30.4 Å². The highest BCUT2D eigenvalue weighted by molar-refractivity contribution is 5.37. The lowest BCUT2D eigenvalue weighted by Gasteiger charge is -2.14. The SMILES string of the molecule is COCCOCCCCNC1CCc2ccc(C)cc21. The lowest BCUT2D eigenvalue weighted by Crippen LogP contribution is -2.20. The van der Waals surface area contributed by atoms with Crippen molar-refractivity contribution < 1.29 is 9.47 Å². The van der Waals surface area contributed by atoms with E-state index in [9.17, 15) is 0 Å². The van der Waals surface area contributed by atoms with Gasteiger partial charge in [-0.2, -0.15) is 0 Å². The summed E-state index contributed by atoms with van der Waals surface area (Å²) in [7, 11) is 1.70. The first-order valence-corrected chi connectivity index (χ1v) is 7.71. The van der Waals surface area contributed by atoms with Crippen molar-refractivity contribution in [1.29, 1.82) is 0 Å². The standard InChI is InChI=1S/C17H27NO2/c1-14-5-6-15-7-8-17(16(15)13-14)18-9-3-4-10-20-12-11-19-2/h5-6,13,17-18H,3-4,7-12H2,1-2H3. The minimum absolute atomic E-state index is 0.555. The van der Waals surface area contributed by atoms with Crippen LogP contribution in [-0.4, -0.2) is 33.5 Å². The second-order valence-electron chi connectivity index (χ2n) is 5.56. The number of unbranched alkanes of at least 4 members (excludes halogenated alkanes) is 1. The van der Waals surface area contributed by atoms with Crippen LogP contribution in [0.4, 0.5) is 0 Å². The fourth-order valence-corrected chi connectivity index (χ4v) is 2.78. The van der Waals surface area contributed by atoms with Gasteiger partial charge in [-0.05, 0) is 50.3 Å². The van der Waals surface area contributed by atoms with Crippen molar-refractivity contribution in [2.45, 2.75) is 38.6 Å². The van der Waals surface area contributed by atoms with Crippen molar-refractivity contribution >= 4 is 0 Å². The van der Waals surface area contributed by atoms with Crippen LogP contribution in [0.3, 0.4) is 0 Å². The molecular weight excluding hydrogens is 250 g/mol. The number of rotatable bonds is 9. The van der Waals surface area contributed by atoms with Crippen molar-refractivity contribution in [2.75, 3.05) is 33.5 Å². The van der Waals surface area contributed by atoms with Crippen LogP contribution >= 0.6 is 0 Å². The lowest BCUT2D eigenvalue weighted by atomic mass is 10.1. The molecule has 1 aliphatic rings. The smallest absolute Gasteiger partial charge is 0.0700 e. The van der Waals surface area contributed by atoms with Gasteiger partial charge in [0, 0.05) is 19.8 Å². The van der Waals surface area contributed by atoms with Crippen molar-refractivity contribution in [3.05, 3.63) is 34.9 Å². The van der Waals surface area contributed by atoms with Gasteiger partial charge in [-0.1, -0.05) is 23.8 Å². The molecule has 0 heterocycles. The number of ether oxygens (including phenoxy) is 2. The van der Waals surface area contributed by atoms with Gasteiger partial charge in [0.25, 0.3) is 0 Å². The number of nitrogens with one attached hydrogen (secondary N) is 1. The summed E-state index contributed by atoms with van der Waals surface area (Å²) in [6.07, 6.45) is 4.74. The summed E-state index contributed by atoms with van der Waals surface area (Å²) < 4.78 is 10.4. The van der Waals surface area contributed by atoms with Gasteiger partial charge >= 0.3 is 0 Å². The molecule has 2 rings (SSSR count). The maximum atomic E-state index is 5.47. The number of fused-ring (bicyclic) bond motifs is 1. The quantitative estimate of drug-likeness (QED) is 0.704. The van der Waals surface area contributed by atoms with E-state index in [-0.39, 0.29) is 0 Å². The minimum Gasteiger partial charge on any atom is -0.382 e. The van der Waals surface area contributed by atoms with Crippen LogP contribution in [0, 0.1) is 6.92 Å². The third kappa shape index (κ3) is 4.58. The molecule has 3 heteroatoms. The van der Waals surface area contributed by atoms with E-state index in [0.29, 0.717) is 19.3 Å². The van der Waals surface area contributed by atoms with Gasteiger partial charge in [0.1, 0.15) is 0 Å². The Morgan fingerprint density at radius 2 is 2.10 bits per heavy atom. The van der Waals surface area contributed by atoms with Gasteiger partial charge in [-0.25, -0.2) is 0 Å². The zero-order chi connectivity index (χ0) is 14.2. The highest BCUT2D eigenvalue weighted by atomic mass is 16.5. The Labute approximate surface area is 122 Å². The van der Waals surface area contributed by atoms with Crippen LogP contribution in [-0.2, 0) is 15.9 Å². The highest BCUT2D eigenvalue weighted by Gasteiger charge is 2.21. The normalized spacial score (nSPS) is 17.4. The van der Waals surface area contributed by atoms with Crippen molar-refractivity contribution in [3.8, 4) is 0 Å². The molecule has 0 fully saturated rings. The molecule has 0 bridgehead atoms. The van der Waals surface area contributed by atoms with Gasteiger partial charge in [-0.15, -0.1) is 0 Å². The van der Waals surface area contributed by atoms with Crippen LogP contribution in [0.5, 0.6) is 0 Å². The number of hydrogen-bond donors (Lipinski definition) is 1. The summed E-state index contributed by atoms with van der Waals surface area (Å²) in [6.45, 7) is 5.49. The number of hydrogen-bond acceptors (Lipinski definition) is 3. The number of benzene rings is 1. The van der Waals surface area contributed by atoms with Crippen molar-refractivity contribution in [3.63, 3.8) is 0 Å². The third-order valence-corrected chi connectivity index (χ3v) is 3.92. The Morgan fingerprint density at radius 1 is 1.20 bits per heavy atom. The van der Waals surface area contributed by atoms with E-state index in [0.717, 1.165) is 19.6 Å². The average Bonchev–Trinajstić information content (AvgIpc) is 2.84. The Kier molecular flexibility index (Phi) is 6.51. The van der Waals surface area contributed by atoms with Crippen LogP contribution in [0.15, 0.2) is 18.2 Å². The first kappa shape index (κ1) is 15.5. The van der Waals surface area contributed by atoms with Crippen LogP contribution in [0.25, 0.3) is 0 Å². The van der Waals surface area contributed by atoms with Gasteiger partial charge in [0.05, 0.1) is 13.2 Å². The Hall–Kier alpha value is -0.900. The summed E-state index contributed by atoms with van der Waals surface area (Å²) in [4.78, 5) is 0. The molecule has 0 aromatic heterocycles. The maximum Gasteiger partial charge on any atom is 0.0700 e. The third-order valence-electron chi connectivity index (χ3n) is 3.92. The van der Waals surface area contributed by atoms with Gasteiger partial charge in [-0.3, -0.25) is 0 Å². The van der Waals surface area contributed by atoms with Crippen molar-refractivity contribution in [1.82, 2.24) is 5.32 Å². The maximum absolute atomic E-state index is 5.47. The van der Waals surface area contributed by atoms with E-state index in [1.165, 1.54) is 36.0 Å². The number of aryl methyl sites for hydroxylation is 2. The molecular formula is C17H27NO2. The monoisotopic (exact) mass is 277 g/mol. The van der Waals surface area contributed by atoms with E-state index < -0.39 is 0 Å². The molecule has 1 aromatic carbocycles. The van der Waals surface area contributed by atoms with Gasteiger partial charge in [0.2, 0.25) is 0 Å². The molecule has 0 amide bonds. The molecule has 1 atom stereocenters. The molecule has 1 aliphatic carbocycles. The first-order chi connectivity index (χ1) is 9.81. The van der Waals surface area contributed by atoms with E-state index >= 15 is 0 Å². The van der Waals surface area contributed by atoms with Crippen molar-refractivity contribution in [2.24, 2.45) is 0 Å². The summed E-state index contributed by atoms with van der Waals surface area (Å²) >= 11 is 0. The zero-order valence-electron chi connectivity index (χ0n) is 12.8. The summed E-state index contributed by atoms with van der Waals surface area (Å²) in [5.41, 5.74) is 4.40. The molecule has 0 aliphatic heterocycles. The Bertz CT molecular complexity index is 406. The lowest BCUT2D eigenvalue weighted by molar-refractivity contribution is 0.0687. The summed E-state index contributed by atoms with van der Waals surface area (Å²) in [6, 6.07) is 7.40. The zero-order valence-corrected chi connectivity index (χ0v) is 12.8. The molecule has 0 spiro atoms. The van der Waals surface area contributed by atoms with E-state index in [1.54, 1.807) is 7.11 Å². The van der Waals surface area contributed by atoms with Gasteiger partial charge in [0.15, 0.2) is 0 Å². The molecule has 112 valence electrons. The van der Waals surface area contributed by atoms with Crippen LogP contribution in [0.1, 0.15) is 42.0 Å². The average molecular weight is 277 g/mol. The molecule has 20 heavy (non-hydrogen) atoms. The van der Waals surface area contributed by atoms with Crippen LogP contribution < -0.4 is 5.32 Å². The molecule has 1 unspecified atom stereocenters. The highest BCUT2D eigenvalue weighted by Crippen LogP contribution is 2.31. The second kappa shape index (κ2) is 8.40. The predicted octanol–water partition coefficient (Wildman–Crippen LogP) is 3.02. The molecule has 0 saturated heterocycles. The van der Waals surface area contributed by atoms with Gasteiger partial charge < -0.3 is 14.8 Å². The molecule has 1 N–H and O–H groups in total. The number of methoxy groups -OCH3 is 1. The summed E-state index contributed by atoms with van der Waals surface area (Å²) in [5, 5.41) is 3.69. The summed E-state index contributed by atoms with van der Waals surface area (Å²) in [5.74, 6) is 0. The Morgan fingerprint density at radius 3 is 2.95 bits per heavy atom.